The van der Waals surface area contributed by atoms with Gasteiger partial charge in [0.1, 0.15) is 0 Å². The van der Waals surface area contributed by atoms with E-state index < -0.39 is 5.97 Å². The molecule has 60 valence electrons. The normalized spacial score (nSPS) is 9.64. The highest BCUT2D eigenvalue weighted by Gasteiger charge is 2.09. The molecule has 1 aromatic heterocycles. The minimum absolute atomic E-state index is 0.188. The van der Waals surface area contributed by atoms with Crippen LogP contribution in [0.2, 0.25) is 0 Å². The number of carbonyl (C=O) groups is 1. The summed E-state index contributed by atoms with van der Waals surface area (Å²) in [5, 5.41) is 0. The van der Waals surface area contributed by atoms with Crippen LogP contribution in [0.5, 0.6) is 0 Å². The SMILES string of the molecule is COC(=O)c1cc(CN)co1. The van der Waals surface area contributed by atoms with Gasteiger partial charge < -0.3 is 14.9 Å². The fraction of sp³-hybridized carbons (Fsp3) is 0.286. The van der Waals surface area contributed by atoms with Crippen molar-refractivity contribution in [2.75, 3.05) is 7.11 Å². The minimum Gasteiger partial charge on any atom is -0.463 e. The van der Waals surface area contributed by atoms with Crippen molar-refractivity contribution in [3.8, 4) is 0 Å². The molecule has 0 spiro atoms. The van der Waals surface area contributed by atoms with Crippen LogP contribution in [0, 0.1) is 0 Å². The molecule has 0 aliphatic rings. The lowest BCUT2D eigenvalue weighted by Gasteiger charge is -1.90. The van der Waals surface area contributed by atoms with Crippen molar-refractivity contribution in [2.45, 2.75) is 6.54 Å². The molecule has 0 aliphatic carbocycles. The van der Waals surface area contributed by atoms with Gasteiger partial charge >= 0.3 is 5.97 Å². The van der Waals surface area contributed by atoms with Crippen LogP contribution < -0.4 is 5.73 Å². The van der Waals surface area contributed by atoms with Gasteiger partial charge in [-0.2, -0.15) is 0 Å². The molecule has 0 bridgehead atoms. The van der Waals surface area contributed by atoms with Crippen LogP contribution in [0.4, 0.5) is 0 Å². The van der Waals surface area contributed by atoms with E-state index in [1.165, 1.54) is 13.4 Å². The summed E-state index contributed by atoms with van der Waals surface area (Å²) in [5.74, 6) is -0.294. The molecular formula is C7H9NO3. The van der Waals surface area contributed by atoms with Crippen LogP contribution in [0.3, 0.4) is 0 Å². The molecule has 0 saturated heterocycles. The lowest BCUT2D eigenvalue weighted by molar-refractivity contribution is 0.0565. The highest BCUT2D eigenvalue weighted by molar-refractivity contribution is 5.86. The van der Waals surface area contributed by atoms with Gasteiger partial charge in [-0.15, -0.1) is 0 Å². The van der Waals surface area contributed by atoms with Gasteiger partial charge in [0, 0.05) is 12.1 Å². The first-order chi connectivity index (χ1) is 5.27. The van der Waals surface area contributed by atoms with Gasteiger partial charge in [-0.3, -0.25) is 0 Å². The highest BCUT2D eigenvalue weighted by atomic mass is 16.5. The van der Waals surface area contributed by atoms with Crippen molar-refractivity contribution in [3.05, 3.63) is 23.7 Å². The largest absolute Gasteiger partial charge is 0.463 e. The summed E-state index contributed by atoms with van der Waals surface area (Å²) in [6.07, 6.45) is 1.44. The van der Waals surface area contributed by atoms with Crippen molar-refractivity contribution in [2.24, 2.45) is 5.73 Å². The summed E-state index contributed by atoms with van der Waals surface area (Å²) in [6.45, 7) is 0.362. The molecule has 0 fully saturated rings. The van der Waals surface area contributed by atoms with Gasteiger partial charge in [0.2, 0.25) is 5.76 Å². The van der Waals surface area contributed by atoms with E-state index in [9.17, 15) is 4.79 Å². The maximum absolute atomic E-state index is 10.8. The first kappa shape index (κ1) is 7.81. The lowest BCUT2D eigenvalue weighted by atomic mass is 10.3. The first-order valence-corrected chi connectivity index (χ1v) is 3.13. The van der Waals surface area contributed by atoms with Crippen molar-refractivity contribution >= 4 is 5.97 Å². The quantitative estimate of drug-likeness (QED) is 0.632. The van der Waals surface area contributed by atoms with E-state index in [-0.39, 0.29) is 5.76 Å². The third-order valence-electron chi connectivity index (χ3n) is 1.28. The Hall–Kier alpha value is -1.29. The van der Waals surface area contributed by atoms with E-state index in [1.807, 2.05) is 0 Å². The highest BCUT2D eigenvalue weighted by Crippen LogP contribution is 2.07. The molecule has 0 aromatic carbocycles. The van der Waals surface area contributed by atoms with Crippen LogP contribution in [0.15, 0.2) is 16.7 Å². The van der Waals surface area contributed by atoms with Gasteiger partial charge in [-0.1, -0.05) is 0 Å². The Morgan fingerprint density at radius 2 is 2.55 bits per heavy atom. The average Bonchev–Trinajstić information content (AvgIpc) is 2.50. The fourth-order valence-corrected chi connectivity index (χ4v) is 0.690. The zero-order valence-corrected chi connectivity index (χ0v) is 6.16. The molecule has 11 heavy (non-hydrogen) atoms. The van der Waals surface area contributed by atoms with Crippen molar-refractivity contribution in [3.63, 3.8) is 0 Å². The van der Waals surface area contributed by atoms with Crippen LogP contribution >= 0.6 is 0 Å². The summed E-state index contributed by atoms with van der Waals surface area (Å²) < 4.78 is 9.27. The molecule has 0 saturated carbocycles. The van der Waals surface area contributed by atoms with Crippen LogP contribution in [-0.4, -0.2) is 13.1 Å². The van der Waals surface area contributed by atoms with E-state index in [0.29, 0.717) is 6.54 Å². The molecule has 0 aliphatic heterocycles. The molecule has 0 amide bonds. The Morgan fingerprint density at radius 3 is 3.00 bits per heavy atom. The Kier molecular flexibility index (Phi) is 2.28. The number of carbonyl (C=O) groups excluding carboxylic acids is 1. The van der Waals surface area contributed by atoms with Crippen LogP contribution in [0.25, 0.3) is 0 Å². The van der Waals surface area contributed by atoms with E-state index in [2.05, 4.69) is 4.74 Å². The summed E-state index contributed by atoms with van der Waals surface area (Å²) in [6, 6.07) is 1.56. The molecule has 0 radical (unpaired) electrons. The number of furan rings is 1. The van der Waals surface area contributed by atoms with Crippen molar-refractivity contribution < 1.29 is 13.9 Å². The second-order valence-electron chi connectivity index (χ2n) is 2.01. The summed E-state index contributed by atoms with van der Waals surface area (Å²) in [5.41, 5.74) is 6.08. The molecule has 1 aromatic rings. The molecule has 0 atom stereocenters. The number of rotatable bonds is 2. The fourth-order valence-electron chi connectivity index (χ4n) is 0.690. The Balaban J connectivity index is 2.80. The summed E-state index contributed by atoms with van der Waals surface area (Å²) >= 11 is 0. The lowest BCUT2D eigenvalue weighted by Crippen LogP contribution is -1.99. The van der Waals surface area contributed by atoms with Gasteiger partial charge in [-0.25, -0.2) is 4.79 Å². The van der Waals surface area contributed by atoms with Gasteiger partial charge in [-0.05, 0) is 6.07 Å². The maximum atomic E-state index is 10.8. The number of hydrogen-bond donors (Lipinski definition) is 1. The maximum Gasteiger partial charge on any atom is 0.373 e. The third kappa shape index (κ3) is 1.59. The molecule has 4 heteroatoms. The molecule has 2 N–H and O–H groups in total. The van der Waals surface area contributed by atoms with E-state index >= 15 is 0 Å². The predicted molar refractivity (Wildman–Crippen MR) is 37.9 cm³/mol. The van der Waals surface area contributed by atoms with Crippen molar-refractivity contribution in [1.82, 2.24) is 0 Å². The summed E-state index contributed by atoms with van der Waals surface area (Å²) in [4.78, 5) is 10.8. The Morgan fingerprint density at radius 1 is 1.82 bits per heavy atom. The Labute approximate surface area is 63.9 Å². The Bertz CT molecular complexity index is 254. The van der Waals surface area contributed by atoms with Crippen LogP contribution in [-0.2, 0) is 11.3 Å². The number of ether oxygens (including phenoxy) is 1. The predicted octanol–water partition coefficient (Wildman–Crippen LogP) is 0.525. The second-order valence-corrected chi connectivity index (χ2v) is 2.01. The average molecular weight is 155 g/mol. The number of methoxy groups -OCH3 is 1. The topological polar surface area (TPSA) is 65.5 Å². The molecule has 1 rings (SSSR count). The number of hydrogen-bond acceptors (Lipinski definition) is 4. The van der Waals surface area contributed by atoms with Gasteiger partial charge in [0.15, 0.2) is 0 Å². The van der Waals surface area contributed by atoms with Gasteiger partial charge in [0.05, 0.1) is 13.4 Å². The second kappa shape index (κ2) is 3.21. The standard InChI is InChI=1S/C7H9NO3/c1-10-7(9)6-2-5(3-8)4-11-6/h2,4H,3,8H2,1H3. The summed E-state index contributed by atoms with van der Waals surface area (Å²) in [7, 11) is 1.30. The number of nitrogens with two attached hydrogens (primary N) is 1. The third-order valence-corrected chi connectivity index (χ3v) is 1.28. The van der Waals surface area contributed by atoms with E-state index in [0.717, 1.165) is 5.56 Å². The minimum atomic E-state index is -0.482. The molecule has 1 heterocycles. The first-order valence-electron chi connectivity index (χ1n) is 3.13. The number of esters is 1. The van der Waals surface area contributed by atoms with Crippen molar-refractivity contribution in [1.29, 1.82) is 0 Å². The zero-order chi connectivity index (χ0) is 8.27. The molecule has 0 unspecified atom stereocenters. The smallest absolute Gasteiger partial charge is 0.373 e. The van der Waals surface area contributed by atoms with E-state index in [1.54, 1.807) is 6.07 Å². The molecular weight excluding hydrogens is 146 g/mol. The zero-order valence-electron chi connectivity index (χ0n) is 6.16. The van der Waals surface area contributed by atoms with Gasteiger partial charge in [0.25, 0.3) is 0 Å². The van der Waals surface area contributed by atoms with E-state index in [4.69, 9.17) is 10.2 Å². The van der Waals surface area contributed by atoms with Crippen LogP contribution in [0.1, 0.15) is 16.1 Å². The molecule has 4 nitrogen and oxygen atoms in total. The monoisotopic (exact) mass is 155 g/mol.